The third-order valence-corrected chi connectivity index (χ3v) is 7.55. The molecule has 0 spiro atoms. The third kappa shape index (κ3) is 5.33. The van der Waals surface area contributed by atoms with Gasteiger partial charge in [0.1, 0.15) is 0 Å². The first-order valence-electron chi connectivity index (χ1n) is 13.2. The maximum Gasteiger partial charge on any atom is 0.479 e. The lowest BCUT2D eigenvalue weighted by Crippen LogP contribution is -2.38. The molecular formula is C28H29ClN8O2+2. The molecule has 0 saturated carbocycles. The van der Waals surface area contributed by atoms with Gasteiger partial charge in [-0.05, 0) is 54.9 Å². The van der Waals surface area contributed by atoms with Gasteiger partial charge in [-0.15, -0.1) is 0 Å². The zero-order valence-electron chi connectivity index (χ0n) is 21.4. The van der Waals surface area contributed by atoms with E-state index in [-0.39, 0.29) is 5.69 Å². The lowest BCUT2D eigenvalue weighted by atomic mass is 10.3. The number of benzene rings is 1. The number of rotatable bonds is 7. The van der Waals surface area contributed by atoms with E-state index in [9.17, 15) is 10.1 Å². The number of non-ortho nitro benzene ring substituents is 1. The van der Waals surface area contributed by atoms with Crippen molar-refractivity contribution in [3.8, 4) is 11.8 Å². The fourth-order valence-corrected chi connectivity index (χ4v) is 5.31. The molecule has 6 rings (SSSR count). The Morgan fingerprint density at radius 3 is 1.79 bits per heavy atom. The zero-order chi connectivity index (χ0) is 26.8. The summed E-state index contributed by atoms with van der Waals surface area (Å²) in [6.45, 7) is 4.27. The number of hydrogen-bond acceptors (Lipinski definition) is 7. The van der Waals surface area contributed by atoms with E-state index in [0.29, 0.717) is 28.3 Å². The minimum absolute atomic E-state index is 0.0120. The SMILES string of the molecule is O=[N+]([O-])c1ccc(Nc2nc(-[n+]3ccc(N4CCCC4)cc3)nc(-[n+]3ccc(N4CCCC4)cc3)c2Cl)cc1. The van der Waals surface area contributed by atoms with Crippen molar-refractivity contribution >= 4 is 40.2 Å². The molecule has 1 N–H and O–H groups in total. The van der Waals surface area contributed by atoms with Gasteiger partial charge in [-0.3, -0.25) is 10.1 Å². The van der Waals surface area contributed by atoms with Crippen molar-refractivity contribution in [1.29, 1.82) is 0 Å². The number of hydrogen-bond donors (Lipinski definition) is 1. The summed E-state index contributed by atoms with van der Waals surface area (Å²) in [5.74, 6) is 1.37. The zero-order valence-corrected chi connectivity index (χ0v) is 22.2. The molecule has 5 heterocycles. The van der Waals surface area contributed by atoms with Gasteiger partial charge in [-0.1, -0.05) is 11.6 Å². The van der Waals surface area contributed by atoms with Crippen molar-refractivity contribution in [2.24, 2.45) is 0 Å². The lowest BCUT2D eigenvalue weighted by Gasteiger charge is -2.17. The van der Waals surface area contributed by atoms with Crippen LogP contribution in [0, 0.1) is 10.1 Å². The fourth-order valence-electron chi connectivity index (χ4n) is 5.08. The van der Waals surface area contributed by atoms with Crippen molar-refractivity contribution in [3.05, 3.63) is 88.5 Å². The molecule has 198 valence electrons. The van der Waals surface area contributed by atoms with Gasteiger partial charge in [-0.25, -0.2) is 4.57 Å². The molecule has 4 aromatic rings. The van der Waals surface area contributed by atoms with Gasteiger partial charge in [0.2, 0.25) is 5.82 Å². The normalized spacial score (nSPS) is 15.1. The number of pyridine rings is 2. The minimum Gasteiger partial charge on any atom is -0.371 e. The highest BCUT2D eigenvalue weighted by atomic mass is 35.5. The molecule has 0 radical (unpaired) electrons. The second-order valence-electron chi connectivity index (χ2n) is 9.75. The summed E-state index contributed by atoms with van der Waals surface area (Å²) in [6, 6.07) is 14.4. The number of nitro benzene ring substituents is 1. The Morgan fingerprint density at radius 2 is 1.28 bits per heavy atom. The van der Waals surface area contributed by atoms with E-state index in [0.717, 1.165) is 26.2 Å². The number of nitro groups is 1. The second kappa shape index (κ2) is 10.8. The van der Waals surface area contributed by atoms with E-state index in [1.165, 1.54) is 49.2 Å². The van der Waals surface area contributed by atoms with Crippen LogP contribution in [0.3, 0.4) is 0 Å². The number of aromatic nitrogens is 4. The predicted molar refractivity (Wildman–Crippen MR) is 149 cm³/mol. The smallest absolute Gasteiger partial charge is 0.371 e. The lowest BCUT2D eigenvalue weighted by molar-refractivity contribution is -0.614. The molecule has 2 saturated heterocycles. The third-order valence-electron chi connectivity index (χ3n) is 7.20. The Morgan fingerprint density at radius 1 is 0.769 bits per heavy atom. The van der Waals surface area contributed by atoms with Crippen LogP contribution in [0.5, 0.6) is 0 Å². The molecule has 2 aliphatic heterocycles. The van der Waals surface area contributed by atoms with Crippen molar-refractivity contribution in [3.63, 3.8) is 0 Å². The quantitative estimate of drug-likeness (QED) is 0.207. The molecule has 2 fully saturated rings. The fraction of sp³-hybridized carbons (Fsp3) is 0.286. The Balaban J connectivity index is 1.37. The predicted octanol–water partition coefficient (Wildman–Crippen LogP) is 4.54. The standard InChI is InChI=1S/C28H29ClN8O2/c29-25-26(30-21-5-7-24(8-6-21)37(38)39)31-28(36-19-11-23(12-20-36)34-15-3-4-16-34)32-27(25)35-17-9-22(10-18-35)33-13-1-2-14-33/h5-12,17-20H,1-4,13-16H2,(H,30,31,32)/q+2. The van der Waals surface area contributed by atoms with E-state index < -0.39 is 4.92 Å². The number of nitrogens with zero attached hydrogens (tertiary/aromatic N) is 7. The van der Waals surface area contributed by atoms with Gasteiger partial charge in [-0.2, -0.15) is 4.57 Å². The maximum absolute atomic E-state index is 11.1. The highest BCUT2D eigenvalue weighted by Gasteiger charge is 2.28. The van der Waals surface area contributed by atoms with Crippen molar-refractivity contribution < 1.29 is 14.1 Å². The van der Waals surface area contributed by atoms with Crippen LogP contribution in [0.1, 0.15) is 25.7 Å². The Kier molecular flexibility index (Phi) is 6.93. The monoisotopic (exact) mass is 544 g/mol. The number of halogens is 1. The number of anilines is 4. The summed E-state index contributed by atoms with van der Waals surface area (Å²) in [5, 5.41) is 14.6. The topological polar surface area (TPSA) is 95.2 Å². The summed E-state index contributed by atoms with van der Waals surface area (Å²) in [4.78, 5) is 25.0. The largest absolute Gasteiger partial charge is 0.479 e. The van der Waals surface area contributed by atoms with E-state index in [2.05, 4.69) is 39.4 Å². The molecule has 11 heteroatoms. The van der Waals surface area contributed by atoms with E-state index >= 15 is 0 Å². The summed E-state index contributed by atoms with van der Waals surface area (Å²) in [6.07, 6.45) is 12.7. The molecule has 0 atom stereocenters. The van der Waals surface area contributed by atoms with Crippen LogP contribution >= 0.6 is 11.6 Å². The highest BCUT2D eigenvalue weighted by molar-refractivity contribution is 6.34. The van der Waals surface area contributed by atoms with Crippen LogP contribution in [-0.4, -0.2) is 41.1 Å². The first-order valence-corrected chi connectivity index (χ1v) is 13.6. The summed E-state index contributed by atoms with van der Waals surface area (Å²) in [7, 11) is 0. The van der Waals surface area contributed by atoms with Gasteiger partial charge >= 0.3 is 11.8 Å². The van der Waals surface area contributed by atoms with Gasteiger partial charge in [0.05, 0.1) is 29.7 Å². The average molecular weight is 545 g/mol. The van der Waals surface area contributed by atoms with Gasteiger partial charge in [0.25, 0.3) is 5.69 Å². The molecule has 0 aliphatic carbocycles. The van der Waals surface area contributed by atoms with Crippen LogP contribution in [-0.2, 0) is 0 Å². The first kappa shape index (κ1) is 25.0. The molecule has 3 aromatic heterocycles. The number of nitrogens with one attached hydrogen (secondary N) is 1. The van der Waals surface area contributed by atoms with E-state index in [1.807, 2.05) is 33.9 Å². The van der Waals surface area contributed by atoms with E-state index in [1.54, 1.807) is 12.1 Å². The van der Waals surface area contributed by atoms with E-state index in [4.69, 9.17) is 21.6 Å². The summed E-state index contributed by atoms with van der Waals surface area (Å²) in [5.41, 5.74) is 2.99. The van der Waals surface area contributed by atoms with Crippen LogP contribution in [0.25, 0.3) is 11.8 Å². The minimum atomic E-state index is -0.428. The van der Waals surface area contributed by atoms with Gasteiger partial charge in [0.15, 0.2) is 5.02 Å². The van der Waals surface area contributed by atoms with Crippen molar-refractivity contribution in [2.45, 2.75) is 25.7 Å². The van der Waals surface area contributed by atoms with Crippen LogP contribution in [0.4, 0.5) is 28.6 Å². The molecule has 0 unspecified atom stereocenters. The molecule has 0 bridgehead atoms. The highest BCUT2D eigenvalue weighted by Crippen LogP contribution is 2.28. The van der Waals surface area contributed by atoms with Crippen LogP contribution in [0.15, 0.2) is 73.3 Å². The van der Waals surface area contributed by atoms with Gasteiger partial charge < -0.3 is 15.1 Å². The van der Waals surface area contributed by atoms with Crippen molar-refractivity contribution in [1.82, 2.24) is 9.97 Å². The molecule has 1 aromatic carbocycles. The molecule has 0 amide bonds. The van der Waals surface area contributed by atoms with Crippen LogP contribution in [0.2, 0.25) is 5.02 Å². The van der Waals surface area contributed by atoms with Crippen LogP contribution < -0.4 is 24.3 Å². The molecule has 39 heavy (non-hydrogen) atoms. The summed E-state index contributed by atoms with van der Waals surface area (Å²) >= 11 is 6.87. The average Bonchev–Trinajstić information content (AvgIpc) is 3.70. The second-order valence-corrected chi connectivity index (χ2v) is 10.1. The Labute approximate surface area is 231 Å². The maximum atomic E-state index is 11.1. The Hall–Kier alpha value is -4.31. The van der Waals surface area contributed by atoms with Crippen molar-refractivity contribution in [2.75, 3.05) is 41.3 Å². The first-order chi connectivity index (χ1) is 19.0. The Bertz CT molecular complexity index is 1470. The molecule has 2 aliphatic rings. The molecular weight excluding hydrogens is 516 g/mol. The molecule has 10 nitrogen and oxygen atoms in total. The van der Waals surface area contributed by atoms with Gasteiger partial charge in [0, 0.05) is 72.5 Å². The summed E-state index contributed by atoms with van der Waals surface area (Å²) < 4.78 is 3.74.